The van der Waals surface area contributed by atoms with Gasteiger partial charge in [-0.25, -0.2) is 0 Å². The SMILES string of the molecule is [CH2]CCC(=O)C1CC1. The van der Waals surface area contributed by atoms with Crippen molar-refractivity contribution in [1.29, 1.82) is 0 Å². The summed E-state index contributed by atoms with van der Waals surface area (Å²) < 4.78 is 0. The van der Waals surface area contributed by atoms with E-state index in [-0.39, 0.29) is 0 Å². The van der Waals surface area contributed by atoms with Crippen molar-refractivity contribution in [3.05, 3.63) is 6.92 Å². The molecular weight excluding hydrogens is 100 g/mol. The van der Waals surface area contributed by atoms with Crippen molar-refractivity contribution in [3.63, 3.8) is 0 Å². The Balaban J connectivity index is 2.13. The van der Waals surface area contributed by atoms with Crippen molar-refractivity contribution in [1.82, 2.24) is 0 Å². The third-order valence-corrected chi connectivity index (χ3v) is 1.46. The standard InChI is InChI=1S/C7H11O/c1-2-3-7(8)6-4-5-6/h6H,1-5H2. The molecule has 0 spiro atoms. The van der Waals surface area contributed by atoms with Crippen LogP contribution in [0.1, 0.15) is 25.7 Å². The van der Waals surface area contributed by atoms with Gasteiger partial charge in [-0.2, -0.15) is 0 Å². The molecule has 0 amide bonds. The molecule has 8 heavy (non-hydrogen) atoms. The molecule has 1 heteroatoms. The Labute approximate surface area is 50.1 Å². The largest absolute Gasteiger partial charge is 0.299 e. The fourth-order valence-corrected chi connectivity index (χ4v) is 0.784. The van der Waals surface area contributed by atoms with E-state index in [1.54, 1.807) is 0 Å². The predicted molar refractivity (Wildman–Crippen MR) is 32.3 cm³/mol. The molecule has 1 fully saturated rings. The van der Waals surface area contributed by atoms with Crippen molar-refractivity contribution in [3.8, 4) is 0 Å². The molecule has 0 bridgehead atoms. The van der Waals surface area contributed by atoms with Gasteiger partial charge in [0.05, 0.1) is 0 Å². The van der Waals surface area contributed by atoms with E-state index in [0.717, 1.165) is 19.3 Å². The second-order valence-corrected chi connectivity index (χ2v) is 2.34. The summed E-state index contributed by atoms with van der Waals surface area (Å²) in [6, 6.07) is 0. The maximum Gasteiger partial charge on any atom is 0.135 e. The second-order valence-electron chi connectivity index (χ2n) is 2.34. The first-order valence-electron chi connectivity index (χ1n) is 3.16. The van der Waals surface area contributed by atoms with Gasteiger partial charge >= 0.3 is 0 Å². The topological polar surface area (TPSA) is 17.1 Å². The van der Waals surface area contributed by atoms with E-state index in [9.17, 15) is 4.79 Å². The maximum absolute atomic E-state index is 10.8. The summed E-state index contributed by atoms with van der Waals surface area (Å²) in [5.41, 5.74) is 0. The van der Waals surface area contributed by atoms with Crippen LogP contribution in [0.2, 0.25) is 0 Å². The Morgan fingerprint density at radius 3 is 2.62 bits per heavy atom. The summed E-state index contributed by atoms with van der Waals surface area (Å²) in [6.07, 6.45) is 3.75. The van der Waals surface area contributed by atoms with Crippen molar-refractivity contribution in [2.45, 2.75) is 25.7 Å². The summed E-state index contributed by atoms with van der Waals surface area (Å²) in [5, 5.41) is 0. The Bertz CT molecular complexity index is 92.6. The molecule has 0 unspecified atom stereocenters. The number of rotatable bonds is 3. The van der Waals surface area contributed by atoms with Gasteiger partial charge in [-0.3, -0.25) is 4.79 Å². The van der Waals surface area contributed by atoms with E-state index in [4.69, 9.17) is 0 Å². The first-order valence-corrected chi connectivity index (χ1v) is 3.16. The van der Waals surface area contributed by atoms with Crippen LogP contribution in [-0.4, -0.2) is 5.78 Å². The maximum atomic E-state index is 10.8. The van der Waals surface area contributed by atoms with Gasteiger partial charge in [-0.15, -0.1) is 0 Å². The highest BCUT2D eigenvalue weighted by atomic mass is 16.1. The molecule has 0 atom stereocenters. The van der Waals surface area contributed by atoms with E-state index < -0.39 is 0 Å². The van der Waals surface area contributed by atoms with Crippen LogP contribution in [0.5, 0.6) is 0 Å². The van der Waals surface area contributed by atoms with Crippen LogP contribution < -0.4 is 0 Å². The quantitative estimate of drug-likeness (QED) is 0.540. The average Bonchev–Trinajstić information content (AvgIpc) is 2.45. The van der Waals surface area contributed by atoms with Crippen LogP contribution in [-0.2, 0) is 4.79 Å². The highest BCUT2D eigenvalue weighted by Gasteiger charge is 2.27. The van der Waals surface area contributed by atoms with E-state index in [2.05, 4.69) is 6.92 Å². The van der Waals surface area contributed by atoms with Gasteiger partial charge in [-0.05, 0) is 19.3 Å². The van der Waals surface area contributed by atoms with Gasteiger partial charge in [0.15, 0.2) is 0 Å². The molecule has 0 N–H and O–H groups in total. The fraction of sp³-hybridized carbons (Fsp3) is 0.714. The number of Topliss-reactive ketones (excluding diaryl/α,β-unsaturated/α-hetero) is 1. The Hall–Kier alpha value is -0.330. The molecule has 0 aromatic carbocycles. The van der Waals surface area contributed by atoms with E-state index in [1.807, 2.05) is 0 Å². The number of carbonyl (C=O) groups excluding carboxylic acids is 1. The van der Waals surface area contributed by atoms with E-state index in [0.29, 0.717) is 18.1 Å². The highest BCUT2D eigenvalue weighted by Crippen LogP contribution is 2.30. The predicted octanol–water partition coefficient (Wildman–Crippen LogP) is 1.58. The first kappa shape index (κ1) is 5.80. The minimum atomic E-state index is 0.431. The third-order valence-electron chi connectivity index (χ3n) is 1.46. The number of carbonyl (C=O) groups is 1. The highest BCUT2D eigenvalue weighted by molar-refractivity contribution is 5.83. The van der Waals surface area contributed by atoms with Crippen molar-refractivity contribution >= 4 is 5.78 Å². The molecule has 0 aromatic heterocycles. The average molecular weight is 111 g/mol. The zero-order chi connectivity index (χ0) is 5.98. The summed E-state index contributed by atoms with van der Waals surface area (Å²) >= 11 is 0. The fourth-order valence-electron chi connectivity index (χ4n) is 0.784. The van der Waals surface area contributed by atoms with Crippen molar-refractivity contribution in [2.24, 2.45) is 5.92 Å². The van der Waals surface area contributed by atoms with E-state index >= 15 is 0 Å². The molecule has 45 valence electrons. The van der Waals surface area contributed by atoms with Gasteiger partial charge in [0.1, 0.15) is 5.78 Å². The molecule has 0 aromatic rings. The summed E-state index contributed by atoms with van der Waals surface area (Å²) in [6.45, 7) is 3.62. The number of hydrogen-bond donors (Lipinski definition) is 0. The molecule has 0 heterocycles. The molecule has 0 aliphatic heterocycles. The first-order chi connectivity index (χ1) is 3.84. The summed E-state index contributed by atoms with van der Waals surface area (Å²) in [5.74, 6) is 0.872. The zero-order valence-corrected chi connectivity index (χ0v) is 5.02. The van der Waals surface area contributed by atoms with Crippen LogP contribution in [0.25, 0.3) is 0 Å². The van der Waals surface area contributed by atoms with Crippen LogP contribution in [0.3, 0.4) is 0 Å². The van der Waals surface area contributed by atoms with Gasteiger partial charge in [0.25, 0.3) is 0 Å². The van der Waals surface area contributed by atoms with Gasteiger partial charge in [0.2, 0.25) is 0 Å². The van der Waals surface area contributed by atoms with Crippen molar-refractivity contribution in [2.75, 3.05) is 0 Å². The van der Waals surface area contributed by atoms with Crippen LogP contribution in [0, 0.1) is 12.8 Å². The molecule has 1 saturated carbocycles. The van der Waals surface area contributed by atoms with Crippen LogP contribution in [0.4, 0.5) is 0 Å². The summed E-state index contributed by atoms with van der Waals surface area (Å²) in [7, 11) is 0. The minimum absolute atomic E-state index is 0.431. The number of hydrogen-bond acceptors (Lipinski definition) is 1. The van der Waals surface area contributed by atoms with E-state index in [1.165, 1.54) is 0 Å². The zero-order valence-electron chi connectivity index (χ0n) is 5.02. The Morgan fingerprint density at radius 1 is 1.62 bits per heavy atom. The molecular formula is C7H11O. The number of ketones is 1. The monoisotopic (exact) mass is 111 g/mol. The lowest BCUT2D eigenvalue weighted by Crippen LogP contribution is -1.97. The lowest BCUT2D eigenvalue weighted by molar-refractivity contribution is -0.120. The second kappa shape index (κ2) is 2.29. The minimum Gasteiger partial charge on any atom is -0.299 e. The Morgan fingerprint density at radius 2 is 2.25 bits per heavy atom. The van der Waals surface area contributed by atoms with Gasteiger partial charge in [-0.1, -0.05) is 6.92 Å². The van der Waals surface area contributed by atoms with Gasteiger partial charge < -0.3 is 0 Å². The lowest BCUT2D eigenvalue weighted by Gasteiger charge is -1.89. The summed E-state index contributed by atoms with van der Waals surface area (Å²) in [4.78, 5) is 10.8. The molecule has 1 rings (SSSR count). The van der Waals surface area contributed by atoms with Crippen LogP contribution in [0.15, 0.2) is 0 Å². The van der Waals surface area contributed by atoms with Gasteiger partial charge in [0, 0.05) is 12.3 Å². The normalized spacial score (nSPS) is 18.6. The molecule has 1 aliphatic rings. The molecule has 1 nitrogen and oxygen atoms in total. The molecule has 0 saturated heterocycles. The van der Waals surface area contributed by atoms with Crippen molar-refractivity contribution < 1.29 is 4.79 Å². The third kappa shape index (κ3) is 1.32. The lowest BCUT2D eigenvalue weighted by atomic mass is 10.2. The van der Waals surface area contributed by atoms with Crippen LogP contribution >= 0.6 is 0 Å². The molecule has 1 radical (unpaired) electrons. The Kier molecular flexibility index (Phi) is 1.66. The molecule has 1 aliphatic carbocycles. The smallest absolute Gasteiger partial charge is 0.135 e.